The molecule has 0 N–H and O–H groups in total. The average molecular weight is 868 g/mol. The predicted molar refractivity (Wildman–Crippen MR) is 211 cm³/mol. The standard InChI is InChI=1S/C46H48N4O.Pt/c1-29-20-21-47-43(22-29)49-41-19-16-35(30(2)46(8,9)10)25-40(41)39-18-17-37(27-42(39)49)51-38-24-33(28-45(5,6)7)23-36(26-38)50-32(4)44(31(3)48-50)34-14-12-11-13-15-34;/h11-25,30H,28H2,1-10H3;/q-2;+2. The van der Waals surface area contributed by atoms with E-state index in [0.717, 1.165) is 62.4 Å². The van der Waals surface area contributed by atoms with Gasteiger partial charge in [-0.05, 0) is 89.9 Å². The fraction of sp³-hybridized carbons (Fsp3) is 0.304. The average Bonchev–Trinajstić information content (AvgIpc) is 3.55. The van der Waals surface area contributed by atoms with Crippen LogP contribution < -0.4 is 4.74 Å². The second-order valence-electron chi connectivity index (χ2n) is 16.4. The maximum atomic E-state index is 6.70. The summed E-state index contributed by atoms with van der Waals surface area (Å²) >= 11 is 0. The number of rotatable bonds is 7. The molecule has 1 atom stereocenters. The van der Waals surface area contributed by atoms with Crippen LogP contribution in [0.15, 0.2) is 91.1 Å². The molecule has 1 unspecified atom stereocenters. The molecule has 7 rings (SSSR count). The topological polar surface area (TPSA) is 44.9 Å². The van der Waals surface area contributed by atoms with E-state index < -0.39 is 0 Å². The van der Waals surface area contributed by atoms with E-state index in [1.54, 1.807) is 0 Å². The summed E-state index contributed by atoms with van der Waals surface area (Å²) in [5.41, 5.74) is 11.1. The number of aryl methyl sites for hydroxylation is 2. The number of benzene rings is 4. The van der Waals surface area contributed by atoms with Gasteiger partial charge in [0.1, 0.15) is 5.82 Å². The van der Waals surface area contributed by atoms with Crippen molar-refractivity contribution in [2.75, 3.05) is 0 Å². The molecule has 0 bridgehead atoms. The largest absolute Gasteiger partial charge is 2.00 e. The van der Waals surface area contributed by atoms with E-state index in [-0.39, 0.29) is 31.9 Å². The number of aromatic nitrogens is 4. The number of fused-ring (bicyclic) bond motifs is 3. The van der Waals surface area contributed by atoms with Gasteiger partial charge < -0.3 is 9.30 Å². The van der Waals surface area contributed by atoms with E-state index in [0.29, 0.717) is 17.4 Å². The first kappa shape index (κ1) is 37.3. The van der Waals surface area contributed by atoms with E-state index in [2.05, 4.69) is 153 Å². The molecule has 0 spiro atoms. The van der Waals surface area contributed by atoms with Gasteiger partial charge in [-0.25, -0.2) is 4.98 Å². The third kappa shape index (κ3) is 7.39. The van der Waals surface area contributed by atoms with Crippen LogP contribution in [0.3, 0.4) is 0 Å². The molecule has 0 aliphatic carbocycles. The van der Waals surface area contributed by atoms with E-state index in [4.69, 9.17) is 14.8 Å². The summed E-state index contributed by atoms with van der Waals surface area (Å²) in [6, 6.07) is 37.2. The molecule has 0 radical (unpaired) electrons. The van der Waals surface area contributed by atoms with Gasteiger partial charge in [0, 0.05) is 34.5 Å². The first-order valence-electron chi connectivity index (χ1n) is 18.0. The van der Waals surface area contributed by atoms with Crippen LogP contribution in [0, 0.1) is 43.7 Å². The van der Waals surface area contributed by atoms with Crippen LogP contribution in [0.4, 0.5) is 0 Å². The summed E-state index contributed by atoms with van der Waals surface area (Å²) in [5.74, 6) is 2.50. The summed E-state index contributed by atoms with van der Waals surface area (Å²) in [5, 5.41) is 7.31. The summed E-state index contributed by atoms with van der Waals surface area (Å²) in [6.07, 6.45) is 2.75. The Hall–Kier alpha value is -4.47. The van der Waals surface area contributed by atoms with Crippen molar-refractivity contribution < 1.29 is 25.8 Å². The van der Waals surface area contributed by atoms with Gasteiger partial charge in [0.15, 0.2) is 0 Å². The monoisotopic (exact) mass is 867 g/mol. The SMILES string of the molecule is Cc1ccnc(-n2c3[c-]c(Oc4[c-]c(-n5nc(C)c(-c6ccccc6)c5C)cc(CC(C)(C)C)c4)ccc3c3cc(C(C)C(C)(C)C)ccc32)c1.[Pt+2]. The van der Waals surface area contributed by atoms with Crippen molar-refractivity contribution in [3.05, 3.63) is 131 Å². The fourth-order valence-electron chi connectivity index (χ4n) is 7.14. The van der Waals surface area contributed by atoms with Crippen LogP contribution in [0.2, 0.25) is 0 Å². The molecule has 0 aliphatic rings. The molecule has 0 amide bonds. The minimum Gasteiger partial charge on any atom is -0.509 e. The van der Waals surface area contributed by atoms with Crippen molar-refractivity contribution in [3.63, 3.8) is 0 Å². The second kappa shape index (κ2) is 14.2. The van der Waals surface area contributed by atoms with Gasteiger partial charge in [0.25, 0.3) is 0 Å². The third-order valence-electron chi connectivity index (χ3n) is 10.0. The zero-order chi connectivity index (χ0) is 36.2. The van der Waals surface area contributed by atoms with Crippen LogP contribution >= 0.6 is 0 Å². The number of hydrogen-bond acceptors (Lipinski definition) is 3. The summed E-state index contributed by atoms with van der Waals surface area (Å²) in [7, 11) is 0. The molecule has 52 heavy (non-hydrogen) atoms. The Balaban J connectivity index is 0.00000464. The minimum atomic E-state index is 0. The van der Waals surface area contributed by atoms with Gasteiger partial charge in [-0.15, -0.1) is 35.7 Å². The van der Waals surface area contributed by atoms with Crippen LogP contribution in [0.25, 0.3) is 44.4 Å². The molecule has 0 aliphatic heterocycles. The molecule has 0 fully saturated rings. The second-order valence-corrected chi connectivity index (χ2v) is 16.4. The zero-order valence-electron chi connectivity index (χ0n) is 32.0. The van der Waals surface area contributed by atoms with Gasteiger partial charge in [0.2, 0.25) is 0 Å². The normalized spacial score (nSPS) is 12.7. The van der Waals surface area contributed by atoms with Crippen LogP contribution in [-0.2, 0) is 27.5 Å². The molecule has 5 nitrogen and oxygen atoms in total. The maximum Gasteiger partial charge on any atom is 2.00 e. The number of hydrogen-bond donors (Lipinski definition) is 0. The Bertz CT molecular complexity index is 2390. The van der Waals surface area contributed by atoms with Gasteiger partial charge in [0.05, 0.1) is 5.69 Å². The van der Waals surface area contributed by atoms with E-state index >= 15 is 0 Å². The van der Waals surface area contributed by atoms with E-state index in [1.165, 1.54) is 16.5 Å². The van der Waals surface area contributed by atoms with Gasteiger partial charge in [-0.2, -0.15) is 16.7 Å². The van der Waals surface area contributed by atoms with Crippen molar-refractivity contribution in [2.45, 2.75) is 81.6 Å². The quantitative estimate of drug-likeness (QED) is 0.150. The Kier molecular flexibility index (Phi) is 10.2. The Morgan fingerprint density at radius 1 is 0.788 bits per heavy atom. The molecule has 6 heteroatoms. The molecular weight excluding hydrogens is 820 g/mol. The Morgan fingerprint density at radius 3 is 2.23 bits per heavy atom. The van der Waals surface area contributed by atoms with E-state index in [1.807, 2.05) is 29.1 Å². The zero-order valence-corrected chi connectivity index (χ0v) is 34.2. The van der Waals surface area contributed by atoms with Crippen molar-refractivity contribution in [3.8, 4) is 34.1 Å². The first-order valence-corrected chi connectivity index (χ1v) is 18.0. The number of ether oxygens (including phenoxy) is 1. The van der Waals surface area contributed by atoms with Crippen LogP contribution in [0.1, 0.15) is 82.5 Å². The van der Waals surface area contributed by atoms with Crippen LogP contribution in [-0.4, -0.2) is 19.3 Å². The molecular formula is C46H48N4OPt. The Labute approximate surface area is 323 Å². The summed E-state index contributed by atoms with van der Waals surface area (Å²) in [4.78, 5) is 4.81. The molecule has 3 aromatic heterocycles. The molecule has 7 aromatic rings. The predicted octanol–water partition coefficient (Wildman–Crippen LogP) is 12.1. The molecule has 268 valence electrons. The molecule has 4 aromatic carbocycles. The van der Waals surface area contributed by atoms with E-state index in [9.17, 15) is 0 Å². The van der Waals surface area contributed by atoms with Crippen LogP contribution in [0.5, 0.6) is 11.5 Å². The van der Waals surface area contributed by atoms with Crippen molar-refractivity contribution >= 4 is 21.8 Å². The molecule has 0 saturated carbocycles. The van der Waals surface area contributed by atoms with Crippen molar-refractivity contribution in [1.82, 2.24) is 19.3 Å². The van der Waals surface area contributed by atoms with Crippen molar-refractivity contribution in [2.24, 2.45) is 10.8 Å². The molecule has 3 heterocycles. The van der Waals surface area contributed by atoms with Gasteiger partial charge >= 0.3 is 21.1 Å². The van der Waals surface area contributed by atoms with Gasteiger partial charge in [-0.3, -0.25) is 4.68 Å². The van der Waals surface area contributed by atoms with Gasteiger partial charge in [-0.1, -0.05) is 96.4 Å². The number of pyridine rings is 1. The fourth-order valence-corrected chi connectivity index (χ4v) is 7.14. The van der Waals surface area contributed by atoms with Crippen molar-refractivity contribution in [1.29, 1.82) is 0 Å². The maximum absolute atomic E-state index is 6.70. The number of nitrogens with zero attached hydrogens (tertiary/aromatic N) is 4. The molecule has 0 saturated heterocycles. The third-order valence-corrected chi connectivity index (χ3v) is 10.0. The first-order chi connectivity index (χ1) is 24.2. The summed E-state index contributed by atoms with van der Waals surface area (Å²) in [6.45, 7) is 22.3. The summed E-state index contributed by atoms with van der Waals surface area (Å²) < 4.78 is 10.9. The Morgan fingerprint density at radius 2 is 1.54 bits per heavy atom. The smallest absolute Gasteiger partial charge is 0.509 e. The minimum absolute atomic E-state index is 0.